The van der Waals surface area contributed by atoms with Crippen LogP contribution in [0.25, 0.3) is 0 Å². The first-order chi connectivity index (χ1) is 8.22. The molecule has 0 N–H and O–H groups in total. The van der Waals surface area contributed by atoms with Gasteiger partial charge in [0.05, 0.1) is 12.6 Å². The Morgan fingerprint density at radius 1 is 1.35 bits per heavy atom. The van der Waals surface area contributed by atoms with Crippen LogP contribution in [-0.4, -0.2) is 60.5 Å². The molecule has 2 fully saturated rings. The number of nitrogens with zero attached hydrogens (tertiary/aromatic N) is 2. The molecule has 1 aliphatic heterocycles. The maximum absolute atomic E-state index is 11.6. The second-order valence-electron chi connectivity index (χ2n) is 4.60. The van der Waals surface area contributed by atoms with Crippen LogP contribution in [0.2, 0.25) is 0 Å². The summed E-state index contributed by atoms with van der Waals surface area (Å²) in [5, 5.41) is 0. The number of piperazine rings is 1. The molecule has 1 aliphatic carbocycles. The van der Waals surface area contributed by atoms with Crippen molar-refractivity contribution in [2.24, 2.45) is 0 Å². The molecule has 0 aromatic heterocycles. The van der Waals surface area contributed by atoms with E-state index in [9.17, 15) is 9.59 Å². The fraction of sp³-hybridized carbons (Fsp3) is 0.833. The molecule has 1 heterocycles. The standard InChI is InChI=1S/C12H20N2O3/c1-2-17-12(16)14-8-6-13(7-9-14)10-4-3-5-11(10)15/h10H,2-9H2,1H3. The van der Waals surface area contributed by atoms with Crippen LogP contribution in [0, 0.1) is 0 Å². The third-order valence-electron chi connectivity index (χ3n) is 3.55. The lowest BCUT2D eigenvalue weighted by Gasteiger charge is -2.36. The molecule has 0 spiro atoms. The highest BCUT2D eigenvalue weighted by Gasteiger charge is 2.33. The SMILES string of the molecule is CCOC(=O)N1CCN(C2CCCC2=O)CC1. The normalized spacial score (nSPS) is 26.3. The van der Waals surface area contributed by atoms with Gasteiger partial charge in [-0.25, -0.2) is 4.79 Å². The molecule has 5 nitrogen and oxygen atoms in total. The second-order valence-corrected chi connectivity index (χ2v) is 4.60. The topological polar surface area (TPSA) is 49.9 Å². The molecule has 1 amide bonds. The van der Waals surface area contributed by atoms with Gasteiger partial charge in [-0.3, -0.25) is 9.69 Å². The van der Waals surface area contributed by atoms with Gasteiger partial charge in [-0.05, 0) is 19.8 Å². The zero-order chi connectivity index (χ0) is 12.3. The minimum Gasteiger partial charge on any atom is -0.450 e. The van der Waals surface area contributed by atoms with Crippen LogP contribution in [0.3, 0.4) is 0 Å². The Kier molecular flexibility index (Phi) is 3.99. The lowest BCUT2D eigenvalue weighted by atomic mass is 10.1. The number of ketones is 1. The van der Waals surface area contributed by atoms with Crippen molar-refractivity contribution in [3.63, 3.8) is 0 Å². The molecule has 1 saturated heterocycles. The van der Waals surface area contributed by atoms with Crippen LogP contribution in [0.1, 0.15) is 26.2 Å². The largest absolute Gasteiger partial charge is 0.450 e. The van der Waals surface area contributed by atoms with Gasteiger partial charge >= 0.3 is 6.09 Å². The maximum atomic E-state index is 11.6. The van der Waals surface area contributed by atoms with E-state index in [1.54, 1.807) is 4.90 Å². The van der Waals surface area contributed by atoms with Crippen LogP contribution in [-0.2, 0) is 9.53 Å². The molecule has 17 heavy (non-hydrogen) atoms. The number of carbonyl (C=O) groups excluding carboxylic acids is 2. The molecule has 96 valence electrons. The van der Waals surface area contributed by atoms with E-state index in [1.165, 1.54) is 0 Å². The molecule has 2 aliphatic rings. The Balaban J connectivity index is 1.81. The molecule has 0 bridgehead atoms. The summed E-state index contributed by atoms with van der Waals surface area (Å²) >= 11 is 0. The third kappa shape index (κ3) is 2.77. The molecular weight excluding hydrogens is 220 g/mol. The van der Waals surface area contributed by atoms with Gasteiger partial charge in [0.25, 0.3) is 0 Å². The fourth-order valence-corrected chi connectivity index (χ4v) is 2.61. The Morgan fingerprint density at radius 2 is 2.06 bits per heavy atom. The molecule has 0 aromatic rings. The predicted octanol–water partition coefficient (Wildman–Crippen LogP) is 0.882. The Labute approximate surface area is 102 Å². The summed E-state index contributed by atoms with van der Waals surface area (Å²) in [4.78, 5) is 27.1. The Hall–Kier alpha value is -1.10. The van der Waals surface area contributed by atoms with Crippen molar-refractivity contribution in [2.45, 2.75) is 32.2 Å². The van der Waals surface area contributed by atoms with Crippen molar-refractivity contribution in [3.8, 4) is 0 Å². The number of Topliss-reactive ketones (excluding diaryl/α,β-unsaturated/α-hetero) is 1. The molecule has 1 atom stereocenters. The summed E-state index contributed by atoms with van der Waals surface area (Å²) in [5.74, 6) is 0.370. The monoisotopic (exact) mass is 240 g/mol. The van der Waals surface area contributed by atoms with Crippen molar-refractivity contribution in [1.29, 1.82) is 0 Å². The summed E-state index contributed by atoms with van der Waals surface area (Å²) in [6.07, 6.45) is 2.49. The molecule has 5 heteroatoms. The van der Waals surface area contributed by atoms with E-state index < -0.39 is 0 Å². The number of ether oxygens (including phenoxy) is 1. The average Bonchev–Trinajstić information content (AvgIpc) is 2.76. The van der Waals surface area contributed by atoms with Gasteiger partial charge in [0.1, 0.15) is 5.78 Å². The number of rotatable bonds is 2. The molecule has 0 aromatic carbocycles. The number of amides is 1. The maximum Gasteiger partial charge on any atom is 0.409 e. The minimum atomic E-state index is -0.232. The first-order valence-corrected chi connectivity index (χ1v) is 6.41. The van der Waals surface area contributed by atoms with E-state index in [2.05, 4.69) is 4.90 Å². The van der Waals surface area contributed by atoms with Gasteiger partial charge in [-0.1, -0.05) is 0 Å². The van der Waals surface area contributed by atoms with Crippen LogP contribution < -0.4 is 0 Å². The average molecular weight is 240 g/mol. The third-order valence-corrected chi connectivity index (χ3v) is 3.55. The van der Waals surface area contributed by atoms with E-state index in [1.807, 2.05) is 6.92 Å². The van der Waals surface area contributed by atoms with Crippen molar-refractivity contribution in [1.82, 2.24) is 9.80 Å². The Morgan fingerprint density at radius 3 is 2.59 bits per heavy atom. The van der Waals surface area contributed by atoms with Crippen molar-refractivity contribution in [3.05, 3.63) is 0 Å². The van der Waals surface area contributed by atoms with E-state index in [0.29, 0.717) is 25.5 Å². The van der Waals surface area contributed by atoms with Gasteiger partial charge in [0.15, 0.2) is 0 Å². The van der Waals surface area contributed by atoms with Crippen LogP contribution in [0.4, 0.5) is 4.79 Å². The van der Waals surface area contributed by atoms with Gasteiger partial charge in [-0.2, -0.15) is 0 Å². The van der Waals surface area contributed by atoms with E-state index in [0.717, 1.165) is 32.4 Å². The summed E-state index contributed by atoms with van der Waals surface area (Å²) in [7, 11) is 0. The lowest BCUT2D eigenvalue weighted by Crippen LogP contribution is -2.53. The second kappa shape index (κ2) is 5.49. The van der Waals surface area contributed by atoms with Gasteiger partial charge in [0, 0.05) is 32.6 Å². The predicted molar refractivity (Wildman–Crippen MR) is 62.8 cm³/mol. The molecule has 0 radical (unpaired) electrons. The number of hydrogen-bond donors (Lipinski definition) is 0. The molecule has 1 unspecified atom stereocenters. The van der Waals surface area contributed by atoms with Gasteiger partial charge in [-0.15, -0.1) is 0 Å². The molecule has 1 saturated carbocycles. The van der Waals surface area contributed by atoms with E-state index in [4.69, 9.17) is 4.74 Å². The highest BCUT2D eigenvalue weighted by molar-refractivity contribution is 5.85. The summed E-state index contributed by atoms with van der Waals surface area (Å²) < 4.78 is 4.96. The highest BCUT2D eigenvalue weighted by Crippen LogP contribution is 2.21. The van der Waals surface area contributed by atoms with Crippen molar-refractivity contribution < 1.29 is 14.3 Å². The lowest BCUT2D eigenvalue weighted by molar-refractivity contribution is -0.122. The smallest absolute Gasteiger partial charge is 0.409 e. The quantitative estimate of drug-likeness (QED) is 0.719. The number of carbonyl (C=O) groups is 2. The first kappa shape index (κ1) is 12.4. The first-order valence-electron chi connectivity index (χ1n) is 6.41. The van der Waals surface area contributed by atoms with Crippen molar-refractivity contribution >= 4 is 11.9 Å². The van der Waals surface area contributed by atoms with Crippen LogP contribution >= 0.6 is 0 Å². The molecule has 2 rings (SSSR count). The van der Waals surface area contributed by atoms with Crippen LogP contribution in [0.5, 0.6) is 0 Å². The van der Waals surface area contributed by atoms with Crippen LogP contribution in [0.15, 0.2) is 0 Å². The van der Waals surface area contributed by atoms with Gasteiger partial charge < -0.3 is 9.64 Å². The van der Waals surface area contributed by atoms with E-state index in [-0.39, 0.29) is 12.1 Å². The zero-order valence-electron chi connectivity index (χ0n) is 10.4. The zero-order valence-corrected chi connectivity index (χ0v) is 10.4. The number of hydrogen-bond acceptors (Lipinski definition) is 4. The summed E-state index contributed by atoms with van der Waals surface area (Å²) in [5.41, 5.74) is 0. The molecular formula is C12H20N2O3. The highest BCUT2D eigenvalue weighted by atomic mass is 16.6. The van der Waals surface area contributed by atoms with E-state index >= 15 is 0 Å². The van der Waals surface area contributed by atoms with Gasteiger partial charge in [0.2, 0.25) is 0 Å². The fourth-order valence-electron chi connectivity index (χ4n) is 2.61. The van der Waals surface area contributed by atoms with Crippen molar-refractivity contribution in [2.75, 3.05) is 32.8 Å². The Bertz CT molecular complexity index is 298. The summed E-state index contributed by atoms with van der Waals surface area (Å²) in [6, 6.07) is 0.111. The summed E-state index contributed by atoms with van der Waals surface area (Å²) in [6.45, 7) is 5.14. The minimum absolute atomic E-state index is 0.111.